The van der Waals surface area contributed by atoms with Crippen molar-refractivity contribution >= 4 is 18.6 Å². The molecule has 5 heteroatoms. The minimum atomic E-state index is -0.508. The zero-order chi connectivity index (χ0) is 16.7. The molecule has 0 aliphatic rings. The minimum absolute atomic E-state index is 0.179. The molecular weight excluding hydrogens is 283 g/mol. The topological polar surface area (TPSA) is 76.0 Å². The second kappa shape index (κ2) is 7.93. The molecule has 0 spiro atoms. The average Bonchev–Trinajstić information content (AvgIpc) is 2.77. The van der Waals surface area contributed by atoms with E-state index in [0.717, 1.165) is 23.6 Å². The van der Waals surface area contributed by atoms with Crippen molar-refractivity contribution in [1.29, 1.82) is 0 Å². The largest absolute Gasteiger partial charge is 0.402 e. The maximum Gasteiger partial charge on any atom is 0.152 e. The zero-order valence-corrected chi connectivity index (χ0v) is 12.7. The second-order valence-corrected chi connectivity index (χ2v) is 4.83. The van der Waals surface area contributed by atoms with Crippen molar-refractivity contribution in [2.24, 2.45) is 5.73 Å². The fourth-order valence-corrected chi connectivity index (χ4v) is 1.97. The fraction of sp³-hybridized carbons (Fsp3) is 0.176. The van der Waals surface area contributed by atoms with Gasteiger partial charge in [-0.05, 0) is 49.3 Å². The van der Waals surface area contributed by atoms with Gasteiger partial charge in [0.05, 0.1) is 0 Å². The summed E-state index contributed by atoms with van der Waals surface area (Å²) in [6.07, 6.45) is 6.90. The van der Waals surface area contributed by atoms with Gasteiger partial charge in [-0.25, -0.2) is 4.39 Å². The molecule has 3 N–H and O–H groups in total. The highest BCUT2D eigenvalue weighted by Crippen LogP contribution is 2.19. The van der Waals surface area contributed by atoms with Crippen LogP contribution >= 0.6 is 0 Å². The molecule has 0 atom stereocenters. The van der Waals surface area contributed by atoms with Crippen LogP contribution in [0.4, 0.5) is 4.39 Å². The van der Waals surface area contributed by atoms with Crippen LogP contribution in [0.1, 0.15) is 33.7 Å². The summed E-state index contributed by atoms with van der Waals surface area (Å²) in [6, 6.07) is 0. The van der Waals surface area contributed by atoms with Crippen molar-refractivity contribution in [3.8, 4) is 0 Å². The van der Waals surface area contributed by atoms with Crippen LogP contribution in [0, 0.1) is 13.8 Å². The lowest BCUT2D eigenvalue weighted by atomic mass is 10.1. The Morgan fingerprint density at radius 2 is 2.00 bits per heavy atom. The lowest BCUT2D eigenvalue weighted by Crippen LogP contribution is -1.99. The summed E-state index contributed by atoms with van der Waals surface area (Å²) in [5.74, 6) is -0.508. The van der Waals surface area contributed by atoms with Gasteiger partial charge >= 0.3 is 0 Å². The summed E-state index contributed by atoms with van der Waals surface area (Å²) in [5.41, 5.74) is 9.29. The summed E-state index contributed by atoms with van der Waals surface area (Å²) < 4.78 is 12.9. The van der Waals surface area contributed by atoms with Gasteiger partial charge in [0.25, 0.3) is 0 Å². The summed E-state index contributed by atoms with van der Waals surface area (Å²) in [7, 11) is 0. The standard InChI is InChI=1S/C17H19FN2O2/c1-4-14(18)5-6-15(19)7-13(9-21)8-17-11(2)16(10-22)12(3)20-17/h4-6,8-10,20H,1,7,19H2,2-3H3/b13-8-,14-5+,15-6+. The fourth-order valence-electron chi connectivity index (χ4n) is 1.97. The molecule has 0 aliphatic heterocycles. The average molecular weight is 302 g/mol. The number of aryl methyl sites for hydroxylation is 1. The number of carbonyl (C=O) groups is 2. The number of hydrogen-bond donors (Lipinski definition) is 2. The highest BCUT2D eigenvalue weighted by molar-refractivity contribution is 5.85. The van der Waals surface area contributed by atoms with E-state index >= 15 is 0 Å². The number of carbonyl (C=O) groups excluding carboxylic acids is 2. The van der Waals surface area contributed by atoms with Crippen LogP contribution in [-0.4, -0.2) is 17.6 Å². The number of nitrogens with two attached hydrogens (primary N) is 1. The van der Waals surface area contributed by atoms with Crippen LogP contribution in [0.2, 0.25) is 0 Å². The molecule has 1 aromatic heterocycles. The Labute approximate surface area is 128 Å². The molecule has 116 valence electrons. The first kappa shape index (κ1) is 17.4. The van der Waals surface area contributed by atoms with E-state index in [1.165, 1.54) is 12.2 Å². The van der Waals surface area contributed by atoms with Gasteiger partial charge < -0.3 is 10.7 Å². The van der Waals surface area contributed by atoms with E-state index in [4.69, 9.17) is 5.73 Å². The Hall–Kier alpha value is -2.69. The number of hydrogen-bond acceptors (Lipinski definition) is 3. The molecule has 0 unspecified atom stereocenters. The normalized spacial score (nSPS) is 13.1. The van der Waals surface area contributed by atoms with Gasteiger partial charge in [-0.2, -0.15) is 0 Å². The number of aromatic amines is 1. The van der Waals surface area contributed by atoms with Crippen molar-refractivity contribution in [3.63, 3.8) is 0 Å². The van der Waals surface area contributed by atoms with Crippen LogP contribution in [0.3, 0.4) is 0 Å². The number of allylic oxidation sites excluding steroid dienone is 5. The summed E-state index contributed by atoms with van der Waals surface area (Å²) >= 11 is 0. The van der Waals surface area contributed by atoms with Crippen LogP contribution in [-0.2, 0) is 4.79 Å². The van der Waals surface area contributed by atoms with Gasteiger partial charge in [-0.1, -0.05) is 6.58 Å². The Morgan fingerprint density at radius 3 is 2.50 bits per heavy atom. The third kappa shape index (κ3) is 4.41. The van der Waals surface area contributed by atoms with Crippen LogP contribution in [0.25, 0.3) is 6.08 Å². The Balaban J connectivity index is 3.04. The highest BCUT2D eigenvalue weighted by Gasteiger charge is 2.09. The summed E-state index contributed by atoms with van der Waals surface area (Å²) in [6.45, 7) is 6.86. The quantitative estimate of drug-likeness (QED) is 0.461. The van der Waals surface area contributed by atoms with E-state index in [2.05, 4.69) is 11.6 Å². The number of rotatable bonds is 7. The maximum absolute atomic E-state index is 12.9. The van der Waals surface area contributed by atoms with Gasteiger partial charge in [0, 0.05) is 29.1 Å². The predicted molar refractivity (Wildman–Crippen MR) is 86.0 cm³/mol. The molecular formula is C17H19FN2O2. The Kier molecular flexibility index (Phi) is 6.25. The van der Waals surface area contributed by atoms with Crippen molar-refractivity contribution in [2.45, 2.75) is 20.3 Å². The first-order valence-electron chi connectivity index (χ1n) is 6.67. The molecule has 0 aliphatic carbocycles. The van der Waals surface area contributed by atoms with Crippen molar-refractivity contribution < 1.29 is 14.0 Å². The molecule has 0 saturated heterocycles. The second-order valence-electron chi connectivity index (χ2n) is 4.83. The van der Waals surface area contributed by atoms with Crippen LogP contribution < -0.4 is 5.73 Å². The number of nitrogens with one attached hydrogen (secondary N) is 1. The SMILES string of the molecule is C=C/C(F)=C\C=C(\N)C/C(C=O)=C/c1[nH]c(C)c(C=O)c1C. The number of halogens is 1. The molecule has 0 amide bonds. The molecule has 0 bridgehead atoms. The lowest BCUT2D eigenvalue weighted by molar-refractivity contribution is -0.104. The first-order chi connectivity index (χ1) is 10.4. The molecule has 4 nitrogen and oxygen atoms in total. The van der Waals surface area contributed by atoms with Crippen molar-refractivity contribution in [1.82, 2.24) is 4.98 Å². The minimum Gasteiger partial charge on any atom is -0.402 e. The smallest absolute Gasteiger partial charge is 0.152 e. The van der Waals surface area contributed by atoms with Crippen molar-refractivity contribution in [3.05, 3.63) is 64.4 Å². The number of aldehydes is 2. The lowest BCUT2D eigenvalue weighted by Gasteiger charge is -2.01. The van der Waals surface area contributed by atoms with E-state index < -0.39 is 5.83 Å². The monoisotopic (exact) mass is 302 g/mol. The van der Waals surface area contributed by atoms with E-state index in [-0.39, 0.29) is 6.42 Å². The molecule has 22 heavy (non-hydrogen) atoms. The van der Waals surface area contributed by atoms with E-state index in [0.29, 0.717) is 28.8 Å². The van der Waals surface area contributed by atoms with E-state index in [1.54, 1.807) is 19.9 Å². The predicted octanol–water partition coefficient (Wildman–Crippen LogP) is 3.30. The Morgan fingerprint density at radius 1 is 1.32 bits per heavy atom. The van der Waals surface area contributed by atoms with Crippen LogP contribution in [0.15, 0.2) is 41.9 Å². The van der Waals surface area contributed by atoms with Gasteiger partial charge in [0.1, 0.15) is 12.1 Å². The van der Waals surface area contributed by atoms with Gasteiger partial charge in [-0.15, -0.1) is 0 Å². The van der Waals surface area contributed by atoms with E-state index in [1.807, 2.05) is 0 Å². The van der Waals surface area contributed by atoms with Gasteiger partial charge in [0.15, 0.2) is 6.29 Å². The zero-order valence-electron chi connectivity index (χ0n) is 12.7. The van der Waals surface area contributed by atoms with Gasteiger partial charge in [0.2, 0.25) is 0 Å². The maximum atomic E-state index is 12.9. The number of H-pyrrole nitrogens is 1. The molecule has 1 aromatic rings. The Bertz CT molecular complexity index is 679. The summed E-state index contributed by atoms with van der Waals surface area (Å²) in [4.78, 5) is 25.2. The highest BCUT2D eigenvalue weighted by atomic mass is 19.1. The molecule has 0 radical (unpaired) electrons. The van der Waals surface area contributed by atoms with Gasteiger partial charge in [-0.3, -0.25) is 9.59 Å². The molecule has 0 fully saturated rings. The van der Waals surface area contributed by atoms with E-state index in [9.17, 15) is 14.0 Å². The summed E-state index contributed by atoms with van der Waals surface area (Å²) in [5, 5.41) is 0. The van der Waals surface area contributed by atoms with Crippen molar-refractivity contribution in [2.75, 3.05) is 0 Å². The molecule has 1 rings (SSSR count). The third-order valence-electron chi connectivity index (χ3n) is 3.19. The van der Waals surface area contributed by atoms with Crippen LogP contribution in [0.5, 0.6) is 0 Å². The third-order valence-corrected chi connectivity index (χ3v) is 3.19. The molecule has 1 heterocycles. The number of aromatic nitrogens is 1. The molecule has 0 aromatic carbocycles. The first-order valence-corrected chi connectivity index (χ1v) is 6.67. The molecule has 0 saturated carbocycles.